The topological polar surface area (TPSA) is 51.0 Å². The van der Waals surface area contributed by atoms with Crippen molar-refractivity contribution >= 4 is 23.2 Å². The first-order chi connectivity index (χ1) is 10.5. The van der Waals surface area contributed by atoms with E-state index in [9.17, 15) is 0 Å². The van der Waals surface area contributed by atoms with Gasteiger partial charge in [0.2, 0.25) is 5.89 Å². The van der Waals surface area contributed by atoms with Gasteiger partial charge in [-0.3, -0.25) is 5.32 Å². The van der Waals surface area contributed by atoms with Crippen LogP contribution in [0.2, 0.25) is 10.0 Å². The number of rotatable bonds is 7. The van der Waals surface area contributed by atoms with Crippen molar-refractivity contribution in [3.63, 3.8) is 0 Å². The predicted molar refractivity (Wildman–Crippen MR) is 89.3 cm³/mol. The molecule has 120 valence electrons. The van der Waals surface area contributed by atoms with E-state index in [2.05, 4.69) is 22.4 Å². The van der Waals surface area contributed by atoms with Gasteiger partial charge in [0.05, 0.1) is 6.04 Å². The molecular weight excluding hydrogens is 321 g/mol. The van der Waals surface area contributed by atoms with E-state index in [0.717, 1.165) is 30.7 Å². The van der Waals surface area contributed by atoms with E-state index < -0.39 is 0 Å². The summed E-state index contributed by atoms with van der Waals surface area (Å²) in [5, 5.41) is 8.71. The van der Waals surface area contributed by atoms with Crippen molar-refractivity contribution in [3.8, 4) is 0 Å². The Kier molecular flexibility index (Phi) is 6.24. The SMILES string of the molecule is CCCCc1noc(C(C)NC(C)c2ccc(Cl)cc2Cl)n1. The third-order valence-corrected chi connectivity index (χ3v) is 4.10. The first-order valence-electron chi connectivity index (χ1n) is 7.54. The molecule has 1 aromatic carbocycles. The lowest BCUT2D eigenvalue weighted by Gasteiger charge is -2.19. The Bertz CT molecular complexity index is 615. The van der Waals surface area contributed by atoms with Gasteiger partial charge >= 0.3 is 0 Å². The quantitative estimate of drug-likeness (QED) is 0.758. The summed E-state index contributed by atoms with van der Waals surface area (Å²) in [7, 11) is 0. The molecular formula is C16H21Cl2N3O. The number of hydrogen-bond acceptors (Lipinski definition) is 4. The molecule has 6 heteroatoms. The van der Waals surface area contributed by atoms with Gasteiger partial charge in [0, 0.05) is 22.5 Å². The van der Waals surface area contributed by atoms with Crippen LogP contribution in [0.25, 0.3) is 0 Å². The minimum atomic E-state index is -0.0513. The Labute approximate surface area is 141 Å². The van der Waals surface area contributed by atoms with E-state index in [-0.39, 0.29) is 12.1 Å². The van der Waals surface area contributed by atoms with Crippen LogP contribution in [0.4, 0.5) is 0 Å². The van der Waals surface area contributed by atoms with E-state index in [1.807, 2.05) is 26.0 Å². The van der Waals surface area contributed by atoms with Crippen LogP contribution in [0.15, 0.2) is 22.7 Å². The summed E-state index contributed by atoms with van der Waals surface area (Å²) in [5.74, 6) is 1.37. The normalized spacial score (nSPS) is 14.0. The fourth-order valence-corrected chi connectivity index (χ4v) is 2.84. The van der Waals surface area contributed by atoms with Crippen molar-refractivity contribution in [2.75, 3.05) is 0 Å². The van der Waals surface area contributed by atoms with Gasteiger partial charge in [-0.15, -0.1) is 0 Å². The average Bonchev–Trinajstić information content (AvgIpc) is 2.93. The zero-order valence-electron chi connectivity index (χ0n) is 13.1. The van der Waals surface area contributed by atoms with Gasteiger partial charge in [-0.1, -0.05) is 47.8 Å². The first kappa shape index (κ1) is 17.3. The molecule has 0 saturated heterocycles. The maximum atomic E-state index is 6.24. The molecule has 0 saturated carbocycles. The summed E-state index contributed by atoms with van der Waals surface area (Å²) in [6.45, 7) is 6.18. The van der Waals surface area contributed by atoms with Crippen molar-refractivity contribution in [2.24, 2.45) is 0 Å². The van der Waals surface area contributed by atoms with Gasteiger partial charge in [0.15, 0.2) is 5.82 Å². The van der Waals surface area contributed by atoms with E-state index in [1.165, 1.54) is 0 Å². The van der Waals surface area contributed by atoms with Crippen LogP contribution in [-0.4, -0.2) is 10.1 Å². The van der Waals surface area contributed by atoms with Gasteiger partial charge in [0.25, 0.3) is 0 Å². The highest BCUT2D eigenvalue weighted by molar-refractivity contribution is 6.35. The van der Waals surface area contributed by atoms with Crippen molar-refractivity contribution < 1.29 is 4.52 Å². The minimum absolute atomic E-state index is 0.0470. The third kappa shape index (κ3) is 4.45. The van der Waals surface area contributed by atoms with Gasteiger partial charge in [-0.05, 0) is 38.0 Å². The van der Waals surface area contributed by atoms with Crippen LogP contribution >= 0.6 is 23.2 Å². The fourth-order valence-electron chi connectivity index (χ4n) is 2.27. The smallest absolute Gasteiger partial charge is 0.243 e. The van der Waals surface area contributed by atoms with Gasteiger partial charge in [-0.25, -0.2) is 0 Å². The molecule has 0 radical (unpaired) electrons. The maximum Gasteiger partial charge on any atom is 0.243 e. The molecule has 2 aromatic rings. The second-order valence-electron chi connectivity index (χ2n) is 5.43. The number of aryl methyl sites for hydroxylation is 1. The highest BCUT2D eigenvalue weighted by Crippen LogP contribution is 2.27. The second kappa shape index (κ2) is 7.95. The molecule has 0 bridgehead atoms. The summed E-state index contributed by atoms with van der Waals surface area (Å²) in [6, 6.07) is 5.50. The fraction of sp³-hybridized carbons (Fsp3) is 0.500. The summed E-state index contributed by atoms with van der Waals surface area (Å²) < 4.78 is 5.33. The number of unbranched alkanes of at least 4 members (excludes halogenated alkanes) is 1. The van der Waals surface area contributed by atoms with Crippen LogP contribution in [0.3, 0.4) is 0 Å². The van der Waals surface area contributed by atoms with Crippen LogP contribution in [0.5, 0.6) is 0 Å². The van der Waals surface area contributed by atoms with Crippen molar-refractivity contribution in [1.82, 2.24) is 15.5 Å². The molecule has 22 heavy (non-hydrogen) atoms. The number of halogens is 2. The van der Waals surface area contributed by atoms with E-state index >= 15 is 0 Å². The zero-order chi connectivity index (χ0) is 16.1. The van der Waals surface area contributed by atoms with Crippen molar-refractivity contribution in [1.29, 1.82) is 0 Å². The Morgan fingerprint density at radius 2 is 2.00 bits per heavy atom. The highest BCUT2D eigenvalue weighted by Gasteiger charge is 2.18. The zero-order valence-corrected chi connectivity index (χ0v) is 14.6. The number of aromatic nitrogens is 2. The minimum Gasteiger partial charge on any atom is -0.338 e. The molecule has 1 N–H and O–H groups in total. The molecule has 0 aliphatic heterocycles. The Morgan fingerprint density at radius 3 is 2.68 bits per heavy atom. The predicted octanol–water partition coefficient (Wildman–Crippen LogP) is 5.13. The third-order valence-electron chi connectivity index (χ3n) is 3.54. The first-order valence-corrected chi connectivity index (χ1v) is 8.30. The molecule has 0 amide bonds. The van der Waals surface area contributed by atoms with Crippen molar-refractivity contribution in [3.05, 3.63) is 45.5 Å². The highest BCUT2D eigenvalue weighted by atomic mass is 35.5. The molecule has 1 aromatic heterocycles. The summed E-state index contributed by atoms with van der Waals surface area (Å²) >= 11 is 12.2. The number of hydrogen-bond donors (Lipinski definition) is 1. The lowest BCUT2D eigenvalue weighted by molar-refractivity contribution is 0.325. The van der Waals surface area contributed by atoms with Crippen LogP contribution < -0.4 is 5.32 Å². The standard InChI is InChI=1S/C16H21Cl2N3O/c1-4-5-6-15-20-16(22-21-15)11(3)19-10(2)13-8-7-12(17)9-14(13)18/h7-11,19H,4-6H2,1-3H3. The number of nitrogens with one attached hydrogen (secondary N) is 1. The van der Waals surface area contributed by atoms with Gasteiger partial charge in [-0.2, -0.15) is 4.98 Å². The Balaban J connectivity index is 2.01. The molecule has 1 heterocycles. The van der Waals surface area contributed by atoms with Crippen molar-refractivity contribution in [2.45, 2.75) is 52.1 Å². The van der Waals surface area contributed by atoms with E-state index in [0.29, 0.717) is 15.9 Å². The van der Waals surface area contributed by atoms with Gasteiger partial charge in [0.1, 0.15) is 0 Å². The van der Waals surface area contributed by atoms with E-state index in [1.54, 1.807) is 6.07 Å². The summed E-state index contributed by atoms with van der Waals surface area (Å²) in [6.07, 6.45) is 3.03. The molecule has 0 spiro atoms. The van der Waals surface area contributed by atoms with E-state index in [4.69, 9.17) is 27.7 Å². The average molecular weight is 342 g/mol. The lowest BCUT2D eigenvalue weighted by Crippen LogP contribution is -2.23. The van der Waals surface area contributed by atoms with Crippen LogP contribution in [0, 0.1) is 0 Å². The monoisotopic (exact) mass is 341 g/mol. The summed E-state index contributed by atoms with van der Waals surface area (Å²) in [5.41, 5.74) is 0.989. The molecule has 0 aliphatic rings. The molecule has 0 fully saturated rings. The van der Waals surface area contributed by atoms with Crippen LogP contribution in [0.1, 0.15) is 63.0 Å². The lowest BCUT2D eigenvalue weighted by atomic mass is 10.1. The largest absolute Gasteiger partial charge is 0.338 e. The Hall–Kier alpha value is -1.10. The molecule has 4 nitrogen and oxygen atoms in total. The molecule has 0 aliphatic carbocycles. The number of nitrogens with zero attached hydrogens (tertiary/aromatic N) is 2. The van der Waals surface area contributed by atoms with Gasteiger partial charge < -0.3 is 4.52 Å². The molecule has 2 unspecified atom stereocenters. The molecule has 2 rings (SSSR count). The van der Waals surface area contributed by atoms with Crippen LogP contribution in [-0.2, 0) is 6.42 Å². The second-order valence-corrected chi connectivity index (χ2v) is 6.27. The summed E-state index contributed by atoms with van der Waals surface area (Å²) in [4.78, 5) is 4.44. The Morgan fingerprint density at radius 1 is 1.23 bits per heavy atom. The number of benzene rings is 1. The molecule has 2 atom stereocenters. The maximum absolute atomic E-state index is 6.24.